The van der Waals surface area contributed by atoms with Crippen LogP contribution in [-0.2, 0) is 0 Å². The van der Waals surface area contributed by atoms with Crippen LogP contribution in [0.3, 0.4) is 0 Å². The number of amides is 2. The number of hydrogen-bond acceptors (Lipinski definition) is 4. The van der Waals surface area contributed by atoms with Crippen LogP contribution in [-0.4, -0.2) is 52.8 Å². The number of rotatable bonds is 2. The maximum absolute atomic E-state index is 12.7. The molecule has 0 radical (unpaired) electrons. The minimum Gasteiger partial charge on any atom is -0.337 e. The normalized spacial score (nSPS) is 15.2. The Bertz CT molecular complexity index is 722. The molecule has 0 bridgehead atoms. The van der Waals surface area contributed by atoms with E-state index in [-0.39, 0.29) is 11.8 Å². The van der Waals surface area contributed by atoms with Gasteiger partial charge in [-0.25, -0.2) is 0 Å². The van der Waals surface area contributed by atoms with Gasteiger partial charge in [0.05, 0.1) is 4.88 Å². The van der Waals surface area contributed by atoms with Crippen LogP contribution in [0.4, 0.5) is 0 Å². The zero-order valence-corrected chi connectivity index (χ0v) is 14.8. The fourth-order valence-corrected chi connectivity index (χ4v) is 3.84. The van der Waals surface area contributed by atoms with Crippen molar-refractivity contribution in [3.63, 3.8) is 0 Å². The molecule has 1 fully saturated rings. The molecule has 0 unspecified atom stereocenters. The molecule has 5 nitrogen and oxygen atoms in total. The summed E-state index contributed by atoms with van der Waals surface area (Å²) >= 11 is 1.55. The number of carbonyl (C=O) groups excluding carboxylic acids is 2. The number of aryl methyl sites for hydroxylation is 2. The van der Waals surface area contributed by atoms with E-state index in [0.29, 0.717) is 31.7 Å². The molecule has 1 aliphatic rings. The van der Waals surface area contributed by atoms with Crippen LogP contribution in [0.5, 0.6) is 0 Å². The predicted octanol–water partition coefficient (Wildman–Crippen LogP) is 2.75. The van der Waals surface area contributed by atoms with Crippen molar-refractivity contribution in [1.29, 1.82) is 0 Å². The smallest absolute Gasteiger partial charge is 0.263 e. The van der Waals surface area contributed by atoms with Gasteiger partial charge in [0, 0.05) is 49.0 Å². The second-order valence-corrected chi connectivity index (χ2v) is 7.28. The van der Waals surface area contributed by atoms with Gasteiger partial charge >= 0.3 is 0 Å². The molecule has 6 heteroatoms. The van der Waals surface area contributed by atoms with E-state index in [9.17, 15) is 9.59 Å². The van der Waals surface area contributed by atoms with Crippen LogP contribution >= 0.6 is 11.3 Å². The quantitative estimate of drug-likeness (QED) is 0.842. The Balaban J connectivity index is 1.67. The molecular formula is C18H21N3O2S. The Morgan fingerprint density at radius 2 is 1.62 bits per heavy atom. The molecule has 24 heavy (non-hydrogen) atoms. The van der Waals surface area contributed by atoms with Crippen molar-refractivity contribution < 1.29 is 9.59 Å². The van der Waals surface area contributed by atoms with Gasteiger partial charge in [-0.1, -0.05) is 0 Å². The third-order valence-corrected chi connectivity index (χ3v) is 5.51. The van der Waals surface area contributed by atoms with Crippen LogP contribution in [0.1, 0.15) is 36.9 Å². The largest absolute Gasteiger partial charge is 0.337 e. The number of aromatic nitrogens is 1. The van der Waals surface area contributed by atoms with Gasteiger partial charge in [-0.2, -0.15) is 0 Å². The summed E-state index contributed by atoms with van der Waals surface area (Å²) in [6.07, 6.45) is 4.05. The van der Waals surface area contributed by atoms with E-state index in [1.54, 1.807) is 35.9 Å². The van der Waals surface area contributed by atoms with Gasteiger partial charge in [0.25, 0.3) is 11.8 Å². The van der Waals surface area contributed by atoms with E-state index in [0.717, 1.165) is 16.9 Å². The third kappa shape index (κ3) is 3.48. The fraction of sp³-hybridized carbons (Fsp3) is 0.389. The highest BCUT2D eigenvalue weighted by Gasteiger charge is 2.24. The fourth-order valence-electron chi connectivity index (χ4n) is 2.84. The lowest BCUT2D eigenvalue weighted by Gasteiger charge is -2.22. The van der Waals surface area contributed by atoms with Gasteiger partial charge in [-0.3, -0.25) is 14.6 Å². The van der Waals surface area contributed by atoms with Crippen molar-refractivity contribution in [1.82, 2.24) is 14.8 Å². The van der Waals surface area contributed by atoms with Crippen molar-refractivity contribution in [3.8, 4) is 0 Å². The van der Waals surface area contributed by atoms with Crippen molar-refractivity contribution in [2.24, 2.45) is 0 Å². The van der Waals surface area contributed by atoms with Gasteiger partial charge in [0.2, 0.25) is 0 Å². The van der Waals surface area contributed by atoms with E-state index in [2.05, 4.69) is 4.98 Å². The number of pyridine rings is 1. The highest BCUT2D eigenvalue weighted by molar-refractivity contribution is 7.14. The highest BCUT2D eigenvalue weighted by atomic mass is 32.1. The summed E-state index contributed by atoms with van der Waals surface area (Å²) in [5.74, 6) is 0.0870. The Kier molecular flexibility index (Phi) is 4.94. The molecule has 126 valence electrons. The minimum atomic E-state index is 0.00881. The lowest BCUT2D eigenvalue weighted by Crippen LogP contribution is -2.37. The van der Waals surface area contributed by atoms with Crippen LogP contribution in [0.2, 0.25) is 0 Å². The molecule has 0 spiro atoms. The molecule has 1 saturated heterocycles. The Morgan fingerprint density at radius 3 is 2.21 bits per heavy atom. The summed E-state index contributed by atoms with van der Waals surface area (Å²) in [5.41, 5.74) is 1.81. The van der Waals surface area contributed by atoms with Crippen molar-refractivity contribution >= 4 is 23.2 Å². The summed E-state index contributed by atoms with van der Waals surface area (Å²) < 4.78 is 0. The standard InChI is InChI=1S/C18H21N3O2S/c1-13-12-16(24-14(13)2)18(23)21-9-3-8-20(10-11-21)17(22)15-4-6-19-7-5-15/h4-7,12H,3,8-11H2,1-2H3. The Hall–Kier alpha value is -2.21. The van der Waals surface area contributed by atoms with Crippen LogP contribution in [0, 0.1) is 13.8 Å². The van der Waals surface area contributed by atoms with E-state index >= 15 is 0 Å². The number of hydrogen-bond donors (Lipinski definition) is 0. The van der Waals surface area contributed by atoms with Crippen LogP contribution in [0.15, 0.2) is 30.6 Å². The van der Waals surface area contributed by atoms with E-state index in [1.165, 1.54) is 4.88 Å². The number of thiophene rings is 1. The first-order valence-corrected chi connectivity index (χ1v) is 8.93. The average molecular weight is 343 g/mol. The van der Waals surface area contributed by atoms with Gasteiger partial charge in [-0.15, -0.1) is 11.3 Å². The minimum absolute atomic E-state index is 0.00881. The van der Waals surface area contributed by atoms with Crippen LogP contribution in [0.25, 0.3) is 0 Å². The number of nitrogens with zero attached hydrogens (tertiary/aromatic N) is 3. The lowest BCUT2D eigenvalue weighted by molar-refractivity contribution is 0.0721. The monoisotopic (exact) mass is 343 g/mol. The topological polar surface area (TPSA) is 53.5 Å². The zero-order valence-electron chi connectivity index (χ0n) is 14.0. The second-order valence-electron chi connectivity index (χ2n) is 6.02. The predicted molar refractivity (Wildman–Crippen MR) is 94.5 cm³/mol. The Morgan fingerprint density at radius 1 is 1.00 bits per heavy atom. The Labute approximate surface area is 145 Å². The molecule has 2 aromatic heterocycles. The summed E-state index contributed by atoms with van der Waals surface area (Å²) in [6, 6.07) is 5.42. The third-order valence-electron chi connectivity index (χ3n) is 4.37. The SMILES string of the molecule is Cc1cc(C(=O)N2CCCN(C(=O)c3ccncc3)CC2)sc1C. The first kappa shape index (κ1) is 16.6. The van der Waals surface area contributed by atoms with E-state index < -0.39 is 0 Å². The molecule has 0 aromatic carbocycles. The summed E-state index contributed by atoms with van der Waals surface area (Å²) in [7, 11) is 0. The summed E-state index contributed by atoms with van der Waals surface area (Å²) in [4.78, 5) is 34.8. The molecule has 0 saturated carbocycles. The average Bonchev–Trinajstić information content (AvgIpc) is 2.80. The molecular weight excluding hydrogens is 322 g/mol. The van der Waals surface area contributed by atoms with Gasteiger partial charge in [-0.05, 0) is 44.0 Å². The van der Waals surface area contributed by atoms with E-state index in [1.807, 2.05) is 29.7 Å². The summed E-state index contributed by atoms with van der Waals surface area (Å²) in [5, 5.41) is 0. The van der Waals surface area contributed by atoms with Gasteiger partial charge < -0.3 is 9.80 Å². The second kappa shape index (κ2) is 7.13. The number of carbonyl (C=O) groups is 2. The highest BCUT2D eigenvalue weighted by Crippen LogP contribution is 2.22. The van der Waals surface area contributed by atoms with Crippen molar-refractivity contribution in [2.75, 3.05) is 26.2 Å². The molecule has 2 aromatic rings. The molecule has 2 amide bonds. The zero-order chi connectivity index (χ0) is 17.1. The first-order valence-electron chi connectivity index (χ1n) is 8.12. The lowest BCUT2D eigenvalue weighted by atomic mass is 10.2. The molecule has 0 atom stereocenters. The maximum Gasteiger partial charge on any atom is 0.263 e. The van der Waals surface area contributed by atoms with E-state index in [4.69, 9.17) is 0 Å². The molecule has 3 rings (SSSR count). The molecule has 0 N–H and O–H groups in total. The van der Waals surface area contributed by atoms with Crippen LogP contribution < -0.4 is 0 Å². The maximum atomic E-state index is 12.7. The van der Waals surface area contributed by atoms with Crippen molar-refractivity contribution in [2.45, 2.75) is 20.3 Å². The van der Waals surface area contributed by atoms with Gasteiger partial charge in [0.1, 0.15) is 0 Å². The first-order chi connectivity index (χ1) is 11.6. The summed E-state index contributed by atoms with van der Waals surface area (Å²) in [6.45, 7) is 6.57. The molecule has 3 heterocycles. The molecule has 0 aliphatic carbocycles. The molecule has 1 aliphatic heterocycles. The van der Waals surface area contributed by atoms with Gasteiger partial charge in [0.15, 0.2) is 0 Å². The van der Waals surface area contributed by atoms with Crippen molar-refractivity contribution in [3.05, 3.63) is 51.5 Å².